The zero-order valence-corrected chi connectivity index (χ0v) is 38.6. The van der Waals surface area contributed by atoms with E-state index in [-0.39, 0.29) is 22.6 Å². The molecule has 16 atom stereocenters. The standard InChI is InChI=1S/C48H54O27/c49-13-22(56)30(57)36(63)35(62)27(28-33(60)25(20(54)11-5-16-1-7-18(52)8-2-16)41(68)47(72,43(28)70)45-39(66)37(64)31(58)23(14-50)74-45)29-34(61)26(21(55)12-6-17-3-9-19(53)10-4-17)42(69)48(73,44(29)71)46-40(67)38(65)32(59)24(15-51)75-46/h1-12,22-24,27,30-32,35-40,45-46,49-67,72-73H,13-15H2/b11-5+,12-6+,25-20+,26-21+/t22-,23-,24-,27?,30-,31-,32-,35+,36+,37+,38+,39-,40-,45-,46-,47?,48?/m1/s1. The Bertz CT molecular complexity index is 2530. The van der Waals surface area contributed by atoms with Crippen molar-refractivity contribution < 1.29 is 136 Å². The Balaban J connectivity index is 1.77. The van der Waals surface area contributed by atoms with Crippen molar-refractivity contribution in [3.8, 4) is 11.5 Å². The summed E-state index contributed by atoms with van der Waals surface area (Å²) in [4.78, 5) is 60.1. The number of phenols is 2. The summed E-state index contributed by atoms with van der Waals surface area (Å²) in [5, 5.41) is 233. The third kappa shape index (κ3) is 10.1. The molecule has 0 amide bonds. The van der Waals surface area contributed by atoms with E-state index in [0.29, 0.717) is 12.2 Å². The number of ether oxygens (including phenoxy) is 2. The lowest BCUT2D eigenvalue weighted by Gasteiger charge is -2.48. The monoisotopic (exact) mass is 1060 g/mol. The van der Waals surface area contributed by atoms with Gasteiger partial charge in [0.25, 0.3) is 0 Å². The van der Waals surface area contributed by atoms with Gasteiger partial charge in [-0.1, -0.05) is 36.4 Å². The first kappa shape index (κ1) is 57.9. The minimum Gasteiger partial charge on any atom is -0.508 e. The summed E-state index contributed by atoms with van der Waals surface area (Å²) in [5.74, 6) is -20.2. The van der Waals surface area contributed by atoms with Crippen molar-refractivity contribution in [1.29, 1.82) is 0 Å². The van der Waals surface area contributed by atoms with Crippen LogP contribution in [0.25, 0.3) is 12.2 Å². The highest BCUT2D eigenvalue weighted by atomic mass is 16.6. The molecule has 75 heavy (non-hydrogen) atoms. The van der Waals surface area contributed by atoms with Crippen molar-refractivity contribution in [3.63, 3.8) is 0 Å². The van der Waals surface area contributed by atoms with Gasteiger partial charge >= 0.3 is 0 Å². The average molecular weight is 1060 g/mol. The summed E-state index contributed by atoms with van der Waals surface area (Å²) in [6.07, 6.45) is -34.3. The number of Topliss-reactive ketones (excluding diaryl/α,β-unsaturated/α-hetero) is 4. The van der Waals surface area contributed by atoms with Crippen LogP contribution < -0.4 is 0 Å². The van der Waals surface area contributed by atoms with Gasteiger partial charge in [0.05, 0.1) is 43.0 Å². The van der Waals surface area contributed by atoms with Crippen LogP contribution in [0.15, 0.2) is 106 Å². The Hall–Kier alpha value is -6.32. The minimum atomic E-state index is -4.30. The Morgan fingerprint density at radius 1 is 0.507 bits per heavy atom. The van der Waals surface area contributed by atoms with Crippen LogP contribution in [0.5, 0.6) is 11.5 Å². The summed E-state index contributed by atoms with van der Waals surface area (Å²) < 4.78 is 10.7. The van der Waals surface area contributed by atoms with Crippen molar-refractivity contribution >= 4 is 35.3 Å². The van der Waals surface area contributed by atoms with Crippen molar-refractivity contribution in [3.05, 3.63) is 117 Å². The van der Waals surface area contributed by atoms with E-state index < -0.39 is 191 Å². The molecule has 2 fully saturated rings. The highest BCUT2D eigenvalue weighted by molar-refractivity contribution is 6.31. The molecule has 2 heterocycles. The van der Waals surface area contributed by atoms with Crippen LogP contribution in [-0.4, -0.2) is 247 Å². The molecule has 27 nitrogen and oxygen atoms in total. The molecular formula is C48H54O27. The maximum Gasteiger partial charge on any atom is 0.219 e. The SMILES string of the molecule is O=C1C(C(C2=C(O)/C(=C(O)/C=C/c3ccc(O)cc3)C(=O)C(O)([C@@H]3O[C@H](CO)[C@@H](O)[C@H](O)[C@H]3O)C2=O)[C@H](O)[C@@H](O)[C@H](O)[C@H](O)CO)=C(O)/C(=C(O)/C=C/c2ccc(O)cc2)C(=O)C1(O)[C@@H]1O[C@H](CO)[C@@H](O)[C@H](O)[C@H]1O. The predicted molar refractivity (Wildman–Crippen MR) is 245 cm³/mol. The summed E-state index contributed by atoms with van der Waals surface area (Å²) in [6, 6.07) is 9.47. The quantitative estimate of drug-likeness (QED) is 0.0448. The van der Waals surface area contributed by atoms with Gasteiger partial charge in [-0.2, -0.15) is 0 Å². The fourth-order valence-electron chi connectivity index (χ4n) is 9.07. The molecule has 408 valence electrons. The zero-order chi connectivity index (χ0) is 55.9. The summed E-state index contributed by atoms with van der Waals surface area (Å²) >= 11 is 0. The highest BCUT2D eigenvalue weighted by Crippen LogP contribution is 2.48. The first-order valence-electron chi connectivity index (χ1n) is 22.4. The molecule has 2 aliphatic heterocycles. The second kappa shape index (κ2) is 22.5. The number of phenolic OH excluding ortho intramolecular Hbond substituents is 2. The van der Waals surface area contributed by atoms with Crippen molar-refractivity contribution in [2.75, 3.05) is 19.8 Å². The molecule has 0 bridgehead atoms. The van der Waals surface area contributed by atoms with Gasteiger partial charge < -0.3 is 117 Å². The van der Waals surface area contributed by atoms with Crippen LogP contribution >= 0.6 is 0 Å². The lowest BCUT2D eigenvalue weighted by molar-refractivity contribution is -0.261. The van der Waals surface area contributed by atoms with Crippen LogP contribution in [-0.2, 0) is 28.7 Å². The summed E-state index contributed by atoms with van der Waals surface area (Å²) in [7, 11) is 0. The number of aliphatic hydroxyl groups is 19. The Kier molecular flexibility index (Phi) is 17.4. The van der Waals surface area contributed by atoms with E-state index >= 15 is 9.59 Å². The fourth-order valence-corrected chi connectivity index (χ4v) is 9.07. The maximum atomic E-state index is 15.3. The van der Waals surface area contributed by atoms with Crippen molar-refractivity contribution in [1.82, 2.24) is 0 Å². The Morgan fingerprint density at radius 3 is 1.17 bits per heavy atom. The van der Waals surface area contributed by atoms with Crippen LogP contribution in [0.4, 0.5) is 0 Å². The smallest absolute Gasteiger partial charge is 0.219 e. The van der Waals surface area contributed by atoms with E-state index in [1.54, 1.807) is 0 Å². The molecule has 2 aliphatic carbocycles. The van der Waals surface area contributed by atoms with Crippen LogP contribution in [0.2, 0.25) is 0 Å². The van der Waals surface area contributed by atoms with Gasteiger partial charge in [-0.05, 0) is 47.5 Å². The van der Waals surface area contributed by atoms with Crippen molar-refractivity contribution in [2.45, 2.75) is 96.7 Å². The molecule has 0 saturated carbocycles. The van der Waals surface area contributed by atoms with Gasteiger partial charge in [0.15, 0.2) is 0 Å². The average Bonchev–Trinajstić information content (AvgIpc) is 3.39. The molecular weight excluding hydrogens is 1010 g/mol. The Morgan fingerprint density at radius 2 is 0.853 bits per heavy atom. The van der Waals surface area contributed by atoms with E-state index in [2.05, 4.69) is 0 Å². The molecule has 2 saturated heterocycles. The number of aromatic hydroxyl groups is 2. The highest BCUT2D eigenvalue weighted by Gasteiger charge is 2.68. The van der Waals surface area contributed by atoms with Crippen LogP contribution in [0, 0.1) is 5.92 Å². The minimum absolute atomic E-state index is 0.0960. The van der Waals surface area contributed by atoms with Gasteiger partial charge in [-0.15, -0.1) is 0 Å². The number of rotatable bonds is 15. The van der Waals surface area contributed by atoms with Crippen LogP contribution in [0.1, 0.15) is 11.1 Å². The number of ketones is 4. The second-order valence-electron chi connectivity index (χ2n) is 17.9. The number of carbonyl (C=O) groups excluding carboxylic acids is 4. The van der Waals surface area contributed by atoms with E-state index in [9.17, 15) is 117 Å². The zero-order valence-electron chi connectivity index (χ0n) is 38.6. The summed E-state index contributed by atoms with van der Waals surface area (Å²) in [6.45, 7) is -4.07. The largest absolute Gasteiger partial charge is 0.508 e. The number of allylic oxidation sites excluding steroid dienone is 4. The molecule has 0 radical (unpaired) electrons. The van der Waals surface area contributed by atoms with E-state index in [4.69, 9.17) is 9.47 Å². The topological polar surface area (TPSA) is 512 Å². The van der Waals surface area contributed by atoms with Crippen molar-refractivity contribution in [2.24, 2.45) is 5.92 Å². The number of aliphatic hydroxyl groups excluding tert-OH is 17. The predicted octanol–water partition coefficient (Wildman–Crippen LogP) is -6.42. The number of hydrogen-bond donors (Lipinski definition) is 21. The van der Waals surface area contributed by atoms with Gasteiger partial charge in [0.2, 0.25) is 34.3 Å². The number of carbonyl (C=O) groups is 4. The molecule has 27 heteroatoms. The van der Waals surface area contributed by atoms with Gasteiger partial charge in [0, 0.05) is 0 Å². The van der Waals surface area contributed by atoms with Gasteiger partial charge in [-0.25, -0.2) is 0 Å². The molecule has 0 aromatic heterocycles. The molecule has 21 N–H and O–H groups in total. The molecule has 6 rings (SSSR count). The molecule has 2 unspecified atom stereocenters. The second-order valence-corrected chi connectivity index (χ2v) is 17.9. The van der Waals surface area contributed by atoms with Gasteiger partial charge in [-0.3, -0.25) is 19.2 Å². The number of hydrogen-bond acceptors (Lipinski definition) is 27. The lowest BCUT2D eigenvalue weighted by atomic mass is 9.62. The van der Waals surface area contributed by atoms with Gasteiger partial charge in [0.1, 0.15) is 125 Å². The Labute approximate surface area is 421 Å². The lowest BCUT2D eigenvalue weighted by Crippen LogP contribution is -2.72. The number of benzene rings is 2. The van der Waals surface area contributed by atoms with E-state index in [1.165, 1.54) is 24.3 Å². The van der Waals surface area contributed by atoms with Crippen LogP contribution in [0.3, 0.4) is 0 Å². The normalized spacial score (nSPS) is 34.5. The molecule has 2 aromatic carbocycles. The van der Waals surface area contributed by atoms with E-state index in [0.717, 1.165) is 36.4 Å². The molecule has 4 aliphatic rings. The maximum absolute atomic E-state index is 15.3. The third-order valence-electron chi connectivity index (χ3n) is 13.3. The first-order valence-corrected chi connectivity index (χ1v) is 22.4. The fraction of sp³-hybridized carbons (Fsp3) is 0.417. The third-order valence-corrected chi connectivity index (χ3v) is 13.3. The van der Waals surface area contributed by atoms with E-state index in [1.807, 2.05) is 0 Å². The molecule has 2 aromatic rings. The first-order chi connectivity index (χ1) is 35.2. The molecule has 0 spiro atoms. The summed E-state index contributed by atoms with van der Waals surface area (Å²) in [5.41, 5.74) is -15.7.